The first-order valence-corrected chi connectivity index (χ1v) is 6.63. The van der Waals surface area contributed by atoms with Gasteiger partial charge >= 0.3 is 5.97 Å². The molecule has 2 aromatic carbocycles. The summed E-state index contributed by atoms with van der Waals surface area (Å²) in [7, 11) is 0. The molecule has 1 aromatic heterocycles. The Morgan fingerprint density at radius 3 is 2.55 bits per heavy atom. The third kappa shape index (κ3) is 2.18. The fraction of sp³-hybridized carbons (Fsp3) is 0.118. The first-order chi connectivity index (χ1) is 9.79. The number of carbonyl (C=O) groups is 1. The summed E-state index contributed by atoms with van der Waals surface area (Å²) in [6, 6.07) is 17.7. The average Bonchev–Trinajstić information content (AvgIpc) is 2.92. The zero-order valence-corrected chi connectivity index (χ0v) is 11.2. The van der Waals surface area contributed by atoms with Crippen LogP contribution >= 0.6 is 0 Å². The smallest absolute Gasteiger partial charge is 0.338 e. The first kappa shape index (κ1) is 12.5. The maximum atomic E-state index is 11.6. The molecule has 3 aromatic rings. The summed E-state index contributed by atoms with van der Waals surface area (Å²) in [5.74, 6) is -0.281. The van der Waals surface area contributed by atoms with Gasteiger partial charge in [0, 0.05) is 11.9 Å². The second-order valence-corrected chi connectivity index (χ2v) is 4.51. The Bertz CT molecular complexity index is 741. The molecular weight excluding hydrogens is 250 g/mol. The highest BCUT2D eigenvalue weighted by Gasteiger charge is 2.07. The lowest BCUT2D eigenvalue weighted by Crippen LogP contribution is -2.04. The van der Waals surface area contributed by atoms with E-state index in [4.69, 9.17) is 4.74 Å². The van der Waals surface area contributed by atoms with Crippen LogP contribution in [0.5, 0.6) is 0 Å². The van der Waals surface area contributed by atoms with E-state index >= 15 is 0 Å². The molecule has 0 atom stereocenters. The number of hydrogen-bond acceptors (Lipinski definition) is 2. The van der Waals surface area contributed by atoms with Gasteiger partial charge in [-0.05, 0) is 48.7 Å². The highest BCUT2D eigenvalue weighted by atomic mass is 16.5. The van der Waals surface area contributed by atoms with Crippen molar-refractivity contribution in [1.29, 1.82) is 0 Å². The quantitative estimate of drug-likeness (QED) is 0.674. The molecular formula is C17H15NO2. The molecule has 0 aliphatic carbocycles. The zero-order chi connectivity index (χ0) is 13.9. The molecule has 3 nitrogen and oxygen atoms in total. The fourth-order valence-corrected chi connectivity index (χ4v) is 2.28. The van der Waals surface area contributed by atoms with Crippen molar-refractivity contribution >= 4 is 16.9 Å². The van der Waals surface area contributed by atoms with Gasteiger partial charge in [0.15, 0.2) is 0 Å². The number of nitrogens with zero attached hydrogens (tertiary/aromatic N) is 1. The van der Waals surface area contributed by atoms with Gasteiger partial charge in [0.05, 0.1) is 17.7 Å². The summed E-state index contributed by atoms with van der Waals surface area (Å²) in [5, 5.41) is 1.20. The number of aromatic nitrogens is 1. The molecule has 0 spiro atoms. The van der Waals surface area contributed by atoms with Gasteiger partial charge in [-0.3, -0.25) is 0 Å². The molecule has 1 heterocycles. The van der Waals surface area contributed by atoms with Gasteiger partial charge in [-0.2, -0.15) is 0 Å². The number of ether oxygens (including phenoxy) is 1. The summed E-state index contributed by atoms with van der Waals surface area (Å²) in [5.41, 5.74) is 2.75. The van der Waals surface area contributed by atoms with E-state index in [1.54, 1.807) is 19.1 Å². The zero-order valence-electron chi connectivity index (χ0n) is 11.2. The minimum Gasteiger partial charge on any atom is -0.462 e. The van der Waals surface area contributed by atoms with Crippen LogP contribution < -0.4 is 0 Å². The van der Waals surface area contributed by atoms with Crippen molar-refractivity contribution in [3.63, 3.8) is 0 Å². The van der Waals surface area contributed by atoms with Crippen molar-refractivity contribution in [3.05, 3.63) is 66.4 Å². The monoisotopic (exact) mass is 265 g/mol. The maximum Gasteiger partial charge on any atom is 0.338 e. The van der Waals surface area contributed by atoms with Crippen LogP contribution in [0.4, 0.5) is 0 Å². The van der Waals surface area contributed by atoms with Crippen LogP contribution in [0.15, 0.2) is 60.8 Å². The second-order valence-electron chi connectivity index (χ2n) is 4.51. The van der Waals surface area contributed by atoms with E-state index in [-0.39, 0.29) is 5.97 Å². The number of carbonyl (C=O) groups excluding carboxylic acids is 1. The summed E-state index contributed by atoms with van der Waals surface area (Å²) in [6.07, 6.45) is 2.03. The molecule has 0 fully saturated rings. The Hall–Kier alpha value is -2.55. The second kappa shape index (κ2) is 5.21. The minimum absolute atomic E-state index is 0.281. The number of esters is 1. The molecule has 0 amide bonds. The lowest BCUT2D eigenvalue weighted by molar-refractivity contribution is 0.0526. The van der Waals surface area contributed by atoms with Crippen LogP contribution in [0.1, 0.15) is 17.3 Å². The standard InChI is InChI=1S/C17H15NO2/c1-2-20-17(19)14-7-9-15(10-8-14)18-12-11-13-5-3-4-6-16(13)18/h3-12H,2H2,1H3. The van der Waals surface area contributed by atoms with E-state index in [0.717, 1.165) is 11.2 Å². The third-order valence-corrected chi connectivity index (χ3v) is 3.26. The minimum atomic E-state index is -0.281. The van der Waals surface area contributed by atoms with Crippen LogP contribution in [0, 0.1) is 0 Å². The Balaban J connectivity index is 1.97. The Morgan fingerprint density at radius 1 is 1.05 bits per heavy atom. The molecule has 20 heavy (non-hydrogen) atoms. The number of rotatable bonds is 3. The molecule has 0 bridgehead atoms. The van der Waals surface area contributed by atoms with Gasteiger partial charge in [-0.1, -0.05) is 18.2 Å². The van der Waals surface area contributed by atoms with Gasteiger partial charge < -0.3 is 9.30 Å². The highest BCUT2D eigenvalue weighted by molar-refractivity contribution is 5.89. The SMILES string of the molecule is CCOC(=O)c1ccc(-n2ccc3ccccc32)cc1. The van der Waals surface area contributed by atoms with Gasteiger partial charge in [0.25, 0.3) is 0 Å². The number of fused-ring (bicyclic) bond motifs is 1. The van der Waals surface area contributed by atoms with Crippen molar-refractivity contribution in [3.8, 4) is 5.69 Å². The van der Waals surface area contributed by atoms with Crippen molar-refractivity contribution in [2.24, 2.45) is 0 Å². The normalized spacial score (nSPS) is 10.7. The molecule has 0 unspecified atom stereocenters. The number of benzene rings is 2. The van der Waals surface area contributed by atoms with Crippen molar-refractivity contribution < 1.29 is 9.53 Å². The van der Waals surface area contributed by atoms with Crippen LogP contribution in [-0.4, -0.2) is 17.1 Å². The van der Waals surface area contributed by atoms with Crippen LogP contribution in [0.3, 0.4) is 0 Å². The Kier molecular flexibility index (Phi) is 3.25. The van der Waals surface area contributed by atoms with Gasteiger partial charge in [0.2, 0.25) is 0 Å². The van der Waals surface area contributed by atoms with Crippen molar-refractivity contribution in [1.82, 2.24) is 4.57 Å². The van der Waals surface area contributed by atoms with Gasteiger partial charge in [-0.25, -0.2) is 4.79 Å². The molecule has 0 saturated carbocycles. The largest absolute Gasteiger partial charge is 0.462 e. The third-order valence-electron chi connectivity index (χ3n) is 3.26. The Morgan fingerprint density at radius 2 is 1.80 bits per heavy atom. The van der Waals surface area contributed by atoms with E-state index in [2.05, 4.69) is 22.8 Å². The summed E-state index contributed by atoms with van der Waals surface area (Å²) >= 11 is 0. The van der Waals surface area contributed by atoms with Crippen LogP contribution in [-0.2, 0) is 4.74 Å². The predicted molar refractivity (Wildman–Crippen MR) is 79.2 cm³/mol. The predicted octanol–water partition coefficient (Wildman–Crippen LogP) is 3.81. The summed E-state index contributed by atoms with van der Waals surface area (Å²) < 4.78 is 7.08. The van der Waals surface area contributed by atoms with E-state index < -0.39 is 0 Å². The maximum absolute atomic E-state index is 11.6. The lowest BCUT2D eigenvalue weighted by Gasteiger charge is -2.07. The molecule has 0 aliphatic rings. The molecule has 0 saturated heterocycles. The number of para-hydroxylation sites is 1. The fourth-order valence-electron chi connectivity index (χ4n) is 2.28. The van der Waals surface area contributed by atoms with E-state index in [9.17, 15) is 4.79 Å². The molecule has 3 heteroatoms. The number of hydrogen-bond donors (Lipinski definition) is 0. The van der Waals surface area contributed by atoms with Gasteiger partial charge in [-0.15, -0.1) is 0 Å². The van der Waals surface area contributed by atoms with Gasteiger partial charge in [0.1, 0.15) is 0 Å². The molecule has 100 valence electrons. The Labute approximate surface area is 117 Å². The topological polar surface area (TPSA) is 31.2 Å². The van der Waals surface area contributed by atoms with Crippen LogP contribution in [0.25, 0.3) is 16.6 Å². The molecule has 3 rings (SSSR count). The average molecular weight is 265 g/mol. The van der Waals surface area contributed by atoms with Crippen molar-refractivity contribution in [2.45, 2.75) is 6.92 Å². The van der Waals surface area contributed by atoms with E-state index in [1.807, 2.05) is 30.5 Å². The first-order valence-electron chi connectivity index (χ1n) is 6.63. The summed E-state index contributed by atoms with van der Waals surface area (Å²) in [6.45, 7) is 2.20. The molecule has 0 N–H and O–H groups in total. The van der Waals surface area contributed by atoms with Crippen molar-refractivity contribution in [2.75, 3.05) is 6.61 Å². The molecule has 0 aliphatic heterocycles. The van der Waals surface area contributed by atoms with E-state index in [0.29, 0.717) is 12.2 Å². The molecule has 0 radical (unpaired) electrons. The highest BCUT2D eigenvalue weighted by Crippen LogP contribution is 2.20. The van der Waals surface area contributed by atoms with Crippen LogP contribution in [0.2, 0.25) is 0 Å². The summed E-state index contributed by atoms with van der Waals surface area (Å²) in [4.78, 5) is 11.6. The van der Waals surface area contributed by atoms with E-state index in [1.165, 1.54) is 5.39 Å². The lowest BCUT2D eigenvalue weighted by atomic mass is 10.2.